The average Bonchev–Trinajstić information content (AvgIpc) is 2.73. The Labute approximate surface area is 98.2 Å². The van der Waals surface area contributed by atoms with Gasteiger partial charge in [0, 0.05) is 11.1 Å². The van der Waals surface area contributed by atoms with Crippen molar-refractivity contribution in [3.63, 3.8) is 0 Å². The summed E-state index contributed by atoms with van der Waals surface area (Å²) in [7, 11) is 0. The second-order valence-electron chi connectivity index (χ2n) is 3.42. The molecule has 0 aliphatic heterocycles. The lowest BCUT2D eigenvalue weighted by Gasteiger charge is -2.03. The first kappa shape index (κ1) is 10.8. The first-order valence-electron chi connectivity index (χ1n) is 4.99. The van der Waals surface area contributed by atoms with Crippen LogP contribution in [0.1, 0.15) is 20.9 Å². The number of hydrogen-bond donors (Lipinski definition) is 1. The SMILES string of the molecule is Cc1ccsc1CNC(=O)c1ccccn1. The minimum atomic E-state index is -0.131. The Morgan fingerprint density at radius 3 is 2.94 bits per heavy atom. The number of pyridine rings is 1. The van der Waals surface area contributed by atoms with Crippen LogP contribution in [0.25, 0.3) is 0 Å². The molecule has 82 valence electrons. The second-order valence-corrected chi connectivity index (χ2v) is 4.43. The van der Waals surface area contributed by atoms with Gasteiger partial charge < -0.3 is 5.32 Å². The Kier molecular flexibility index (Phi) is 3.31. The van der Waals surface area contributed by atoms with E-state index in [0.717, 1.165) is 0 Å². The molecule has 0 fully saturated rings. The lowest BCUT2D eigenvalue weighted by atomic mass is 10.3. The molecule has 0 saturated carbocycles. The van der Waals surface area contributed by atoms with Gasteiger partial charge in [0.25, 0.3) is 5.91 Å². The molecule has 2 rings (SSSR count). The van der Waals surface area contributed by atoms with Gasteiger partial charge in [-0.15, -0.1) is 11.3 Å². The highest BCUT2D eigenvalue weighted by atomic mass is 32.1. The van der Waals surface area contributed by atoms with Crippen LogP contribution in [-0.4, -0.2) is 10.9 Å². The molecule has 4 heteroatoms. The quantitative estimate of drug-likeness (QED) is 0.882. The van der Waals surface area contributed by atoms with Gasteiger partial charge in [0.1, 0.15) is 5.69 Å². The topological polar surface area (TPSA) is 42.0 Å². The van der Waals surface area contributed by atoms with E-state index >= 15 is 0 Å². The van der Waals surface area contributed by atoms with Crippen molar-refractivity contribution >= 4 is 17.2 Å². The number of rotatable bonds is 3. The molecule has 3 nitrogen and oxygen atoms in total. The van der Waals surface area contributed by atoms with Gasteiger partial charge in [-0.3, -0.25) is 9.78 Å². The Hall–Kier alpha value is -1.68. The summed E-state index contributed by atoms with van der Waals surface area (Å²) in [5.41, 5.74) is 1.67. The maximum absolute atomic E-state index is 11.7. The summed E-state index contributed by atoms with van der Waals surface area (Å²) in [6, 6.07) is 7.35. The predicted octanol–water partition coefficient (Wildman–Crippen LogP) is 2.38. The zero-order valence-corrected chi connectivity index (χ0v) is 9.75. The van der Waals surface area contributed by atoms with Crippen LogP contribution < -0.4 is 5.32 Å². The van der Waals surface area contributed by atoms with E-state index in [1.807, 2.05) is 18.4 Å². The zero-order valence-electron chi connectivity index (χ0n) is 8.93. The molecule has 0 aliphatic carbocycles. The van der Waals surface area contributed by atoms with E-state index in [2.05, 4.69) is 10.3 Å². The summed E-state index contributed by atoms with van der Waals surface area (Å²) in [6.07, 6.45) is 1.62. The largest absolute Gasteiger partial charge is 0.346 e. The Morgan fingerprint density at radius 1 is 1.44 bits per heavy atom. The van der Waals surface area contributed by atoms with Crippen molar-refractivity contribution in [1.29, 1.82) is 0 Å². The number of amides is 1. The highest BCUT2D eigenvalue weighted by molar-refractivity contribution is 7.10. The summed E-state index contributed by atoms with van der Waals surface area (Å²) in [4.78, 5) is 16.9. The van der Waals surface area contributed by atoms with Gasteiger partial charge in [-0.1, -0.05) is 6.07 Å². The van der Waals surface area contributed by atoms with Crippen molar-refractivity contribution in [2.75, 3.05) is 0 Å². The van der Waals surface area contributed by atoms with Crippen molar-refractivity contribution in [3.05, 3.63) is 52.0 Å². The Balaban J connectivity index is 1.97. The number of nitrogens with one attached hydrogen (secondary N) is 1. The van der Waals surface area contributed by atoms with Crippen LogP contribution in [0.15, 0.2) is 35.8 Å². The van der Waals surface area contributed by atoms with Gasteiger partial charge >= 0.3 is 0 Å². The van der Waals surface area contributed by atoms with Crippen LogP contribution in [0.3, 0.4) is 0 Å². The third-order valence-electron chi connectivity index (χ3n) is 2.28. The number of aryl methyl sites for hydroxylation is 1. The highest BCUT2D eigenvalue weighted by Crippen LogP contribution is 2.14. The number of aromatic nitrogens is 1. The van der Waals surface area contributed by atoms with Gasteiger partial charge in [0.05, 0.1) is 6.54 Å². The molecular weight excluding hydrogens is 220 g/mol. The van der Waals surface area contributed by atoms with Gasteiger partial charge in [-0.05, 0) is 36.1 Å². The van der Waals surface area contributed by atoms with E-state index in [0.29, 0.717) is 12.2 Å². The maximum atomic E-state index is 11.7. The minimum Gasteiger partial charge on any atom is -0.346 e. The molecule has 2 heterocycles. The van der Waals surface area contributed by atoms with Crippen LogP contribution in [0.5, 0.6) is 0 Å². The number of carbonyl (C=O) groups is 1. The first-order chi connectivity index (χ1) is 7.77. The molecule has 2 aromatic rings. The molecule has 0 saturated heterocycles. The smallest absolute Gasteiger partial charge is 0.270 e. The van der Waals surface area contributed by atoms with Gasteiger partial charge in [-0.2, -0.15) is 0 Å². The third kappa shape index (κ3) is 2.46. The molecule has 0 atom stereocenters. The summed E-state index contributed by atoms with van der Waals surface area (Å²) >= 11 is 1.65. The van der Waals surface area contributed by atoms with Crippen molar-refractivity contribution in [2.45, 2.75) is 13.5 Å². The van der Waals surface area contributed by atoms with Crippen LogP contribution in [0.2, 0.25) is 0 Å². The maximum Gasteiger partial charge on any atom is 0.270 e. The fourth-order valence-corrected chi connectivity index (χ4v) is 2.18. The van der Waals surface area contributed by atoms with Crippen LogP contribution in [-0.2, 0) is 6.54 Å². The first-order valence-corrected chi connectivity index (χ1v) is 5.87. The van der Waals surface area contributed by atoms with Crippen molar-refractivity contribution in [1.82, 2.24) is 10.3 Å². The number of nitrogens with zero attached hydrogens (tertiary/aromatic N) is 1. The molecule has 1 amide bonds. The van der Waals surface area contributed by atoms with E-state index < -0.39 is 0 Å². The van der Waals surface area contributed by atoms with E-state index in [9.17, 15) is 4.79 Å². The molecule has 0 unspecified atom stereocenters. The number of carbonyl (C=O) groups excluding carboxylic acids is 1. The highest BCUT2D eigenvalue weighted by Gasteiger charge is 2.06. The minimum absolute atomic E-state index is 0.131. The summed E-state index contributed by atoms with van der Waals surface area (Å²) < 4.78 is 0. The summed E-state index contributed by atoms with van der Waals surface area (Å²) in [6.45, 7) is 2.61. The lowest BCUT2D eigenvalue weighted by Crippen LogP contribution is -2.23. The number of hydrogen-bond acceptors (Lipinski definition) is 3. The Bertz CT molecular complexity index is 479. The lowest BCUT2D eigenvalue weighted by molar-refractivity contribution is 0.0946. The second kappa shape index (κ2) is 4.90. The molecular formula is C12H12N2OS. The molecule has 1 N–H and O–H groups in total. The molecule has 0 aromatic carbocycles. The molecule has 0 spiro atoms. The molecule has 0 aliphatic rings. The number of thiophene rings is 1. The van der Waals surface area contributed by atoms with E-state index in [4.69, 9.17) is 0 Å². The summed E-state index contributed by atoms with van der Waals surface area (Å²) in [5, 5.41) is 4.88. The van der Waals surface area contributed by atoms with Gasteiger partial charge in [-0.25, -0.2) is 0 Å². The zero-order chi connectivity index (χ0) is 11.4. The molecule has 2 aromatic heterocycles. The standard InChI is InChI=1S/C12H12N2OS/c1-9-5-7-16-11(9)8-14-12(15)10-4-2-3-6-13-10/h2-7H,8H2,1H3,(H,14,15). The average molecular weight is 232 g/mol. The van der Waals surface area contributed by atoms with Gasteiger partial charge in [0.2, 0.25) is 0 Å². The van der Waals surface area contributed by atoms with E-state index in [1.165, 1.54) is 10.4 Å². The van der Waals surface area contributed by atoms with Crippen molar-refractivity contribution < 1.29 is 4.79 Å². The predicted molar refractivity (Wildman–Crippen MR) is 64.5 cm³/mol. The fraction of sp³-hybridized carbons (Fsp3) is 0.167. The monoisotopic (exact) mass is 232 g/mol. The van der Waals surface area contributed by atoms with Crippen LogP contribution in [0, 0.1) is 6.92 Å². The Morgan fingerprint density at radius 2 is 2.31 bits per heavy atom. The van der Waals surface area contributed by atoms with E-state index in [1.54, 1.807) is 35.7 Å². The van der Waals surface area contributed by atoms with Crippen molar-refractivity contribution in [2.24, 2.45) is 0 Å². The van der Waals surface area contributed by atoms with Crippen molar-refractivity contribution in [3.8, 4) is 0 Å². The van der Waals surface area contributed by atoms with Crippen LogP contribution in [0.4, 0.5) is 0 Å². The van der Waals surface area contributed by atoms with E-state index in [-0.39, 0.29) is 5.91 Å². The molecule has 16 heavy (non-hydrogen) atoms. The molecule has 0 radical (unpaired) electrons. The van der Waals surface area contributed by atoms with Crippen LogP contribution >= 0.6 is 11.3 Å². The normalized spacial score (nSPS) is 10.1. The molecule has 0 bridgehead atoms. The third-order valence-corrected chi connectivity index (χ3v) is 3.30. The van der Waals surface area contributed by atoms with Gasteiger partial charge in [0.15, 0.2) is 0 Å². The fourth-order valence-electron chi connectivity index (χ4n) is 1.33. The summed E-state index contributed by atoms with van der Waals surface area (Å²) in [5.74, 6) is -0.131.